The number of hydrogen-bond donors (Lipinski definition) is 2. The van der Waals surface area contributed by atoms with Gasteiger partial charge in [0.15, 0.2) is 0 Å². The smallest absolute Gasteiger partial charge is 0.127 e. The maximum atomic E-state index is 6.03. The summed E-state index contributed by atoms with van der Waals surface area (Å²) in [5.41, 5.74) is 7.02. The molecule has 2 unspecified atom stereocenters. The third-order valence-corrected chi connectivity index (χ3v) is 7.41. The highest BCUT2D eigenvalue weighted by molar-refractivity contribution is 9.10. The molecule has 0 amide bonds. The Morgan fingerprint density at radius 1 is 1.50 bits per heavy atom. The Labute approximate surface area is 149 Å². The minimum atomic E-state index is -0.122. The van der Waals surface area contributed by atoms with Gasteiger partial charge in [0.05, 0.1) is 20.6 Å². The van der Waals surface area contributed by atoms with Crippen molar-refractivity contribution in [3.63, 3.8) is 0 Å². The zero-order valence-electron chi connectivity index (χ0n) is 12.1. The average molecular weight is 418 g/mol. The molecule has 3 N–H and O–H groups in total. The number of rotatable bonds is 6. The number of methoxy groups -OCH3 is 1. The molecule has 22 heavy (non-hydrogen) atoms. The molecule has 4 nitrogen and oxygen atoms in total. The van der Waals surface area contributed by atoms with Gasteiger partial charge in [-0.05, 0) is 45.8 Å². The van der Waals surface area contributed by atoms with Gasteiger partial charge >= 0.3 is 0 Å². The summed E-state index contributed by atoms with van der Waals surface area (Å²) in [6, 6.07) is 4.12. The normalized spacial score (nSPS) is 14.4. The summed E-state index contributed by atoms with van der Waals surface area (Å²) in [7, 11) is 1.69. The monoisotopic (exact) mass is 417 g/mol. The Bertz CT molecular complexity index is 751. The van der Waals surface area contributed by atoms with Crippen LogP contribution in [-0.4, -0.2) is 17.5 Å². The van der Waals surface area contributed by atoms with Crippen LogP contribution in [0.4, 0.5) is 5.00 Å². The topological polar surface area (TPSA) is 60.2 Å². The fraction of sp³-hybridized carbons (Fsp3) is 0.357. The first-order valence-corrected chi connectivity index (χ1v) is 10.00. The Morgan fingerprint density at radius 2 is 2.32 bits per heavy atom. The summed E-state index contributed by atoms with van der Waals surface area (Å²) in [5.74, 6) is 0. The highest BCUT2D eigenvalue weighted by Crippen LogP contribution is 2.45. The third-order valence-electron chi connectivity index (χ3n) is 3.28. The molecule has 0 saturated heterocycles. The number of nitrogens with zero attached hydrogens (tertiary/aromatic N) is 1. The van der Waals surface area contributed by atoms with Crippen LogP contribution in [0.3, 0.4) is 0 Å². The summed E-state index contributed by atoms with van der Waals surface area (Å²) >= 11 is 8.59. The van der Waals surface area contributed by atoms with E-state index in [0.717, 1.165) is 31.1 Å². The zero-order chi connectivity index (χ0) is 15.7. The summed E-state index contributed by atoms with van der Waals surface area (Å²) in [6.07, 6.45) is -0.122. The lowest BCUT2D eigenvalue weighted by Crippen LogP contribution is -2.25. The third kappa shape index (κ3) is 3.08. The molecule has 8 heteroatoms. The molecule has 0 saturated carbocycles. The van der Waals surface area contributed by atoms with E-state index in [1.165, 1.54) is 16.4 Å². The molecule has 0 aliphatic carbocycles. The molecular weight excluding hydrogens is 402 g/mol. The van der Waals surface area contributed by atoms with Gasteiger partial charge in [0.2, 0.25) is 0 Å². The van der Waals surface area contributed by atoms with Crippen LogP contribution in [0.1, 0.15) is 22.8 Å². The fourth-order valence-electron chi connectivity index (χ4n) is 2.22. The number of thiophene rings is 2. The standard InChI is InChI=1S/C14H16BrN3OS3/c1-7(16)11(19-2)12-9(15)10-13(21-12)14(22-18-10)17-6-8-4-3-5-20-8/h3-5,7,11,17H,6,16H2,1-2H3. The van der Waals surface area contributed by atoms with Gasteiger partial charge in [0.1, 0.15) is 16.6 Å². The number of fused-ring (bicyclic) bond motifs is 1. The summed E-state index contributed by atoms with van der Waals surface area (Å²) < 4.78 is 12.3. The molecule has 0 bridgehead atoms. The molecule has 0 aliphatic heterocycles. The quantitative estimate of drug-likeness (QED) is 0.602. The Balaban J connectivity index is 1.90. The molecular formula is C14H16BrN3OS3. The predicted molar refractivity (Wildman–Crippen MR) is 100 cm³/mol. The first kappa shape index (κ1) is 16.4. The highest BCUT2D eigenvalue weighted by Gasteiger charge is 2.25. The van der Waals surface area contributed by atoms with Crippen molar-refractivity contribution in [2.75, 3.05) is 12.4 Å². The van der Waals surface area contributed by atoms with E-state index in [-0.39, 0.29) is 12.1 Å². The SMILES string of the molecule is COC(c1sc2c(NCc3cccs3)snc2c1Br)C(C)N. The van der Waals surface area contributed by atoms with E-state index >= 15 is 0 Å². The van der Waals surface area contributed by atoms with Gasteiger partial charge in [0.25, 0.3) is 0 Å². The van der Waals surface area contributed by atoms with E-state index in [2.05, 4.69) is 43.1 Å². The molecule has 0 fully saturated rings. The number of nitrogens with two attached hydrogens (primary N) is 1. The van der Waals surface area contributed by atoms with E-state index in [4.69, 9.17) is 10.5 Å². The second-order valence-electron chi connectivity index (χ2n) is 4.92. The number of aromatic nitrogens is 1. The maximum Gasteiger partial charge on any atom is 0.127 e. The van der Waals surface area contributed by atoms with Crippen LogP contribution < -0.4 is 11.1 Å². The van der Waals surface area contributed by atoms with Crippen molar-refractivity contribution in [1.82, 2.24) is 4.37 Å². The fourth-order valence-corrected chi connectivity index (χ4v) is 6.09. The molecule has 3 heterocycles. The number of anilines is 1. The molecule has 3 aromatic heterocycles. The molecule has 0 aromatic carbocycles. The number of hydrogen-bond acceptors (Lipinski definition) is 7. The molecule has 3 aromatic rings. The first-order valence-electron chi connectivity index (χ1n) is 6.74. The molecule has 0 radical (unpaired) electrons. The van der Waals surface area contributed by atoms with Crippen molar-refractivity contribution < 1.29 is 4.74 Å². The van der Waals surface area contributed by atoms with Gasteiger partial charge in [0, 0.05) is 18.0 Å². The lowest BCUT2D eigenvalue weighted by atomic mass is 10.1. The zero-order valence-corrected chi connectivity index (χ0v) is 16.2. The van der Waals surface area contributed by atoms with Crippen LogP contribution in [0, 0.1) is 0 Å². The van der Waals surface area contributed by atoms with Crippen molar-refractivity contribution in [3.8, 4) is 0 Å². The van der Waals surface area contributed by atoms with E-state index in [0.29, 0.717) is 0 Å². The van der Waals surface area contributed by atoms with Crippen LogP contribution in [0.15, 0.2) is 22.0 Å². The van der Waals surface area contributed by atoms with Crippen molar-refractivity contribution in [2.24, 2.45) is 5.73 Å². The molecule has 2 atom stereocenters. The van der Waals surface area contributed by atoms with Crippen LogP contribution in [-0.2, 0) is 11.3 Å². The summed E-state index contributed by atoms with van der Waals surface area (Å²) in [5, 5.41) is 6.67. The average Bonchev–Trinajstić information content (AvgIpc) is 3.18. The van der Waals surface area contributed by atoms with Gasteiger partial charge in [-0.25, -0.2) is 0 Å². The van der Waals surface area contributed by atoms with E-state index in [9.17, 15) is 0 Å². The first-order chi connectivity index (χ1) is 10.6. The second-order valence-corrected chi connectivity index (χ2v) is 8.57. The molecule has 118 valence electrons. The van der Waals surface area contributed by atoms with Gasteiger partial charge in [-0.1, -0.05) is 6.07 Å². The summed E-state index contributed by atoms with van der Waals surface area (Å²) in [4.78, 5) is 2.41. The largest absolute Gasteiger partial charge is 0.374 e. The maximum absolute atomic E-state index is 6.03. The molecule has 0 aliphatic rings. The molecule has 3 rings (SSSR count). The van der Waals surface area contributed by atoms with Crippen LogP contribution in [0.25, 0.3) is 10.2 Å². The predicted octanol–water partition coefficient (Wildman–Crippen LogP) is 4.83. The Hall–Kier alpha value is -0.510. The Kier molecular flexibility index (Phi) is 5.16. The van der Waals surface area contributed by atoms with Gasteiger partial charge in [-0.2, -0.15) is 4.37 Å². The van der Waals surface area contributed by atoms with Crippen molar-refractivity contribution in [2.45, 2.75) is 25.6 Å². The van der Waals surface area contributed by atoms with Crippen molar-refractivity contribution >= 4 is 65.4 Å². The highest BCUT2D eigenvalue weighted by atomic mass is 79.9. The van der Waals surface area contributed by atoms with Crippen LogP contribution in [0.2, 0.25) is 0 Å². The number of ether oxygens (including phenoxy) is 1. The lowest BCUT2D eigenvalue weighted by molar-refractivity contribution is 0.0878. The Morgan fingerprint density at radius 3 is 2.95 bits per heavy atom. The van der Waals surface area contributed by atoms with E-state index < -0.39 is 0 Å². The van der Waals surface area contributed by atoms with Crippen molar-refractivity contribution in [1.29, 1.82) is 0 Å². The minimum Gasteiger partial charge on any atom is -0.374 e. The van der Waals surface area contributed by atoms with Gasteiger partial charge < -0.3 is 15.8 Å². The van der Waals surface area contributed by atoms with Crippen LogP contribution in [0.5, 0.6) is 0 Å². The van der Waals surface area contributed by atoms with Crippen LogP contribution >= 0.6 is 50.1 Å². The second kappa shape index (κ2) is 6.94. The van der Waals surface area contributed by atoms with Crippen molar-refractivity contribution in [3.05, 3.63) is 31.7 Å². The van der Waals surface area contributed by atoms with E-state index in [1.54, 1.807) is 29.8 Å². The van der Waals surface area contributed by atoms with Gasteiger partial charge in [-0.3, -0.25) is 0 Å². The minimum absolute atomic E-state index is 0.0738. The van der Waals surface area contributed by atoms with Gasteiger partial charge in [-0.15, -0.1) is 22.7 Å². The lowest BCUT2D eigenvalue weighted by Gasteiger charge is -2.18. The summed E-state index contributed by atoms with van der Waals surface area (Å²) in [6.45, 7) is 2.78. The molecule has 0 spiro atoms. The van der Waals surface area contributed by atoms with E-state index in [1.807, 2.05) is 6.92 Å². The number of halogens is 1. The number of nitrogens with one attached hydrogen (secondary N) is 1.